The molecule has 1 heterocycles. The molecule has 90 valence electrons. The van der Waals surface area contributed by atoms with Crippen molar-refractivity contribution in [2.24, 2.45) is 5.73 Å². The van der Waals surface area contributed by atoms with Crippen LogP contribution in [0.2, 0.25) is 0 Å². The highest BCUT2D eigenvalue weighted by Gasteiger charge is 2.14. The molecule has 2 aromatic rings. The Morgan fingerprint density at radius 2 is 1.88 bits per heavy atom. The van der Waals surface area contributed by atoms with Gasteiger partial charge in [-0.1, -0.05) is 26.8 Å². The molecule has 0 radical (unpaired) electrons. The first kappa shape index (κ1) is 12.1. The van der Waals surface area contributed by atoms with Gasteiger partial charge < -0.3 is 5.73 Å². The minimum Gasteiger partial charge on any atom is -0.325 e. The molecule has 0 aliphatic rings. The first-order valence-electron chi connectivity index (χ1n) is 6.02. The Morgan fingerprint density at radius 1 is 1.18 bits per heavy atom. The Morgan fingerprint density at radius 3 is 2.47 bits per heavy atom. The van der Waals surface area contributed by atoms with Crippen LogP contribution in [0.3, 0.4) is 0 Å². The van der Waals surface area contributed by atoms with Crippen molar-refractivity contribution in [3.05, 3.63) is 41.1 Å². The van der Waals surface area contributed by atoms with Crippen LogP contribution < -0.4 is 5.73 Å². The monoisotopic (exact) mass is 228 g/mol. The molecular formula is C15H20N2. The third kappa shape index (κ3) is 2.32. The summed E-state index contributed by atoms with van der Waals surface area (Å²) in [6, 6.07) is 8.59. The van der Waals surface area contributed by atoms with E-state index >= 15 is 0 Å². The molecular weight excluding hydrogens is 208 g/mol. The van der Waals surface area contributed by atoms with Gasteiger partial charge in [-0.15, -0.1) is 0 Å². The number of nitrogens with two attached hydrogens (primary N) is 1. The fraction of sp³-hybridized carbons (Fsp3) is 0.400. The van der Waals surface area contributed by atoms with Gasteiger partial charge >= 0.3 is 0 Å². The van der Waals surface area contributed by atoms with Gasteiger partial charge in [0.05, 0.1) is 11.2 Å². The van der Waals surface area contributed by atoms with Crippen molar-refractivity contribution in [1.82, 2.24) is 4.98 Å². The lowest BCUT2D eigenvalue weighted by Crippen LogP contribution is -2.11. The molecule has 0 amide bonds. The second-order valence-corrected chi connectivity index (χ2v) is 5.62. The predicted octanol–water partition coefficient (Wildman–Crippen LogP) is 3.30. The molecule has 2 nitrogen and oxygen atoms in total. The van der Waals surface area contributed by atoms with E-state index in [4.69, 9.17) is 5.73 Å². The van der Waals surface area contributed by atoms with Crippen LogP contribution in [0.4, 0.5) is 0 Å². The average molecular weight is 228 g/mol. The van der Waals surface area contributed by atoms with Crippen LogP contribution in [0.25, 0.3) is 10.9 Å². The van der Waals surface area contributed by atoms with Gasteiger partial charge in [0.2, 0.25) is 0 Å². The van der Waals surface area contributed by atoms with Crippen LogP contribution in [-0.2, 0) is 12.0 Å². The molecule has 0 aliphatic carbocycles. The molecule has 2 heteroatoms. The molecule has 0 saturated heterocycles. The number of rotatable bonds is 1. The number of hydrogen-bond acceptors (Lipinski definition) is 2. The van der Waals surface area contributed by atoms with Gasteiger partial charge in [-0.25, -0.2) is 0 Å². The third-order valence-corrected chi connectivity index (χ3v) is 3.14. The first-order valence-corrected chi connectivity index (χ1v) is 6.02. The summed E-state index contributed by atoms with van der Waals surface area (Å²) in [4.78, 5) is 4.55. The quantitative estimate of drug-likeness (QED) is 0.813. The zero-order chi connectivity index (χ0) is 12.6. The SMILES string of the molecule is Cc1cc(CN)nc2ccc(C(C)(C)C)cc12. The van der Waals surface area contributed by atoms with Crippen LogP contribution in [0.1, 0.15) is 37.6 Å². The third-order valence-electron chi connectivity index (χ3n) is 3.14. The number of benzene rings is 1. The second kappa shape index (κ2) is 4.11. The fourth-order valence-corrected chi connectivity index (χ4v) is 2.04. The van der Waals surface area contributed by atoms with Gasteiger partial charge in [-0.2, -0.15) is 0 Å². The molecule has 0 bridgehead atoms. The summed E-state index contributed by atoms with van der Waals surface area (Å²) in [5.74, 6) is 0. The Labute approximate surface area is 103 Å². The average Bonchev–Trinajstić information content (AvgIpc) is 2.27. The lowest BCUT2D eigenvalue weighted by Gasteiger charge is -2.19. The van der Waals surface area contributed by atoms with E-state index in [1.807, 2.05) is 0 Å². The van der Waals surface area contributed by atoms with E-state index in [2.05, 4.69) is 56.9 Å². The molecule has 0 aliphatic heterocycles. The van der Waals surface area contributed by atoms with Crippen LogP contribution in [0, 0.1) is 6.92 Å². The van der Waals surface area contributed by atoms with Crippen LogP contribution >= 0.6 is 0 Å². The molecule has 2 rings (SSSR count). The molecule has 0 fully saturated rings. The number of fused-ring (bicyclic) bond motifs is 1. The van der Waals surface area contributed by atoms with Crippen molar-refractivity contribution in [2.45, 2.75) is 39.7 Å². The Kier molecular flexibility index (Phi) is 2.92. The minimum absolute atomic E-state index is 0.174. The maximum Gasteiger partial charge on any atom is 0.0708 e. The summed E-state index contributed by atoms with van der Waals surface area (Å²) < 4.78 is 0. The standard InChI is InChI=1S/C15H20N2/c1-10-7-12(9-16)17-14-6-5-11(8-13(10)14)15(2,3)4/h5-8H,9,16H2,1-4H3. The second-order valence-electron chi connectivity index (χ2n) is 5.62. The topological polar surface area (TPSA) is 38.9 Å². The van der Waals surface area contributed by atoms with E-state index in [1.54, 1.807) is 0 Å². The summed E-state index contributed by atoms with van der Waals surface area (Å²) >= 11 is 0. The van der Waals surface area contributed by atoms with E-state index < -0.39 is 0 Å². The minimum atomic E-state index is 0.174. The summed E-state index contributed by atoms with van der Waals surface area (Å²) in [6.45, 7) is 9.30. The largest absolute Gasteiger partial charge is 0.325 e. The Balaban J connectivity index is 2.67. The summed E-state index contributed by atoms with van der Waals surface area (Å²) in [5.41, 5.74) is 10.4. The van der Waals surface area contributed by atoms with Crippen molar-refractivity contribution in [1.29, 1.82) is 0 Å². The zero-order valence-corrected chi connectivity index (χ0v) is 11.0. The van der Waals surface area contributed by atoms with Gasteiger partial charge in [0.15, 0.2) is 0 Å². The van der Waals surface area contributed by atoms with E-state index in [0.29, 0.717) is 6.54 Å². The summed E-state index contributed by atoms with van der Waals surface area (Å²) in [5, 5.41) is 1.23. The normalized spacial score (nSPS) is 12.1. The number of nitrogens with zero attached hydrogens (tertiary/aromatic N) is 1. The van der Waals surface area contributed by atoms with E-state index in [1.165, 1.54) is 16.5 Å². The molecule has 0 unspecified atom stereocenters. The molecule has 0 atom stereocenters. The number of aryl methyl sites for hydroxylation is 1. The van der Waals surface area contributed by atoms with Gasteiger partial charge in [0.1, 0.15) is 0 Å². The highest BCUT2D eigenvalue weighted by Crippen LogP contribution is 2.27. The lowest BCUT2D eigenvalue weighted by atomic mass is 9.86. The smallest absolute Gasteiger partial charge is 0.0708 e. The molecule has 17 heavy (non-hydrogen) atoms. The van der Waals surface area contributed by atoms with Crippen molar-refractivity contribution < 1.29 is 0 Å². The molecule has 2 N–H and O–H groups in total. The van der Waals surface area contributed by atoms with Crippen molar-refractivity contribution in [3.8, 4) is 0 Å². The van der Waals surface area contributed by atoms with Crippen molar-refractivity contribution in [3.63, 3.8) is 0 Å². The number of hydrogen-bond donors (Lipinski definition) is 1. The predicted molar refractivity (Wildman–Crippen MR) is 73.1 cm³/mol. The maximum absolute atomic E-state index is 5.65. The van der Waals surface area contributed by atoms with Gasteiger partial charge in [0, 0.05) is 11.9 Å². The van der Waals surface area contributed by atoms with Gasteiger partial charge in [0.25, 0.3) is 0 Å². The van der Waals surface area contributed by atoms with Crippen molar-refractivity contribution in [2.75, 3.05) is 0 Å². The van der Waals surface area contributed by atoms with Crippen LogP contribution in [0.15, 0.2) is 24.3 Å². The van der Waals surface area contributed by atoms with Gasteiger partial charge in [-0.05, 0) is 41.7 Å². The molecule has 1 aromatic heterocycles. The molecule has 1 aromatic carbocycles. The zero-order valence-electron chi connectivity index (χ0n) is 11.0. The lowest BCUT2D eigenvalue weighted by molar-refractivity contribution is 0.591. The van der Waals surface area contributed by atoms with E-state index in [0.717, 1.165) is 11.2 Å². The van der Waals surface area contributed by atoms with E-state index in [-0.39, 0.29) is 5.41 Å². The highest BCUT2D eigenvalue weighted by molar-refractivity contribution is 5.83. The van der Waals surface area contributed by atoms with Crippen molar-refractivity contribution >= 4 is 10.9 Å². The van der Waals surface area contributed by atoms with E-state index in [9.17, 15) is 0 Å². The van der Waals surface area contributed by atoms with Crippen LogP contribution in [0.5, 0.6) is 0 Å². The maximum atomic E-state index is 5.65. The summed E-state index contributed by atoms with van der Waals surface area (Å²) in [6.07, 6.45) is 0. The number of aromatic nitrogens is 1. The first-order chi connectivity index (χ1) is 7.91. The highest BCUT2D eigenvalue weighted by atomic mass is 14.7. The molecule has 0 saturated carbocycles. The van der Waals surface area contributed by atoms with Gasteiger partial charge in [-0.3, -0.25) is 4.98 Å². The Hall–Kier alpha value is -1.41. The van der Waals surface area contributed by atoms with Crippen LogP contribution in [-0.4, -0.2) is 4.98 Å². The summed E-state index contributed by atoms with van der Waals surface area (Å²) in [7, 11) is 0. The fourth-order valence-electron chi connectivity index (χ4n) is 2.04. The number of pyridine rings is 1. The Bertz CT molecular complexity index is 551. The molecule has 0 spiro atoms.